The number of anilines is 1. The minimum atomic E-state index is -2.25. The molecule has 0 radical (unpaired) electrons. The predicted molar refractivity (Wildman–Crippen MR) is 101 cm³/mol. The Morgan fingerprint density at radius 2 is 1.22 bits per heavy atom. The minimum absolute atomic E-state index is 0.605. The molecule has 0 fully saturated rings. The van der Waals surface area contributed by atoms with Crippen LogP contribution >= 0.6 is 6.19 Å². The highest BCUT2D eigenvalue weighted by Gasteiger charge is 2.22. The summed E-state index contributed by atoms with van der Waals surface area (Å²) in [6.45, 7) is 0. The molecule has 0 atom stereocenters. The number of hydrogen-bond donors (Lipinski definition) is 1. The zero-order valence-electron chi connectivity index (χ0n) is 12.4. The van der Waals surface area contributed by atoms with Crippen LogP contribution in [0.15, 0.2) is 84.9 Å². The molecule has 0 aliphatic rings. The maximum Gasteiger partial charge on any atom is 0.101 e. The van der Waals surface area contributed by atoms with Crippen LogP contribution in [-0.2, 0) is 11.8 Å². The van der Waals surface area contributed by atoms with E-state index in [1.54, 1.807) is 6.07 Å². The van der Waals surface area contributed by atoms with E-state index in [0.29, 0.717) is 5.56 Å². The molecule has 0 aliphatic carbocycles. The van der Waals surface area contributed by atoms with Gasteiger partial charge in [-0.05, 0) is 12.1 Å². The number of hydrogen-bond acceptors (Lipinski definition) is 2. The predicted octanol–water partition coefficient (Wildman–Crippen LogP) is 4.02. The summed E-state index contributed by atoms with van der Waals surface area (Å²) in [7, 11) is 0. The third kappa shape index (κ3) is 3.19. The van der Waals surface area contributed by atoms with Crippen LogP contribution < -0.4 is 15.7 Å². The molecule has 2 nitrogen and oxygen atoms in total. The monoisotopic (exact) mass is 334 g/mol. The Balaban J connectivity index is 2.14. The summed E-state index contributed by atoms with van der Waals surface area (Å²) in [4.78, 5) is 0. The van der Waals surface area contributed by atoms with Gasteiger partial charge in [-0.2, -0.15) is 5.26 Å². The van der Waals surface area contributed by atoms with Crippen LogP contribution in [0.25, 0.3) is 0 Å². The fourth-order valence-corrected chi connectivity index (χ4v) is 5.70. The summed E-state index contributed by atoms with van der Waals surface area (Å²) in [5.74, 6) is 0. The molecule has 0 aromatic heterocycles. The smallest absolute Gasteiger partial charge is 0.101 e. The highest BCUT2D eigenvalue weighted by Crippen LogP contribution is 2.44. The van der Waals surface area contributed by atoms with Crippen molar-refractivity contribution in [2.45, 2.75) is 0 Å². The van der Waals surface area contributed by atoms with Gasteiger partial charge in [0.1, 0.15) is 6.07 Å². The largest absolute Gasteiger partial charge is 0.350 e. The highest BCUT2D eigenvalue weighted by atomic mass is 32.4. The summed E-state index contributed by atoms with van der Waals surface area (Å²) in [5.41, 5.74) is 1.39. The number of benzene rings is 3. The van der Waals surface area contributed by atoms with Crippen molar-refractivity contribution in [3.63, 3.8) is 0 Å². The average Bonchev–Trinajstić information content (AvgIpc) is 2.63. The van der Waals surface area contributed by atoms with Crippen LogP contribution in [0.4, 0.5) is 5.69 Å². The van der Waals surface area contributed by atoms with E-state index >= 15 is 0 Å². The van der Waals surface area contributed by atoms with E-state index in [2.05, 4.69) is 35.4 Å². The van der Waals surface area contributed by atoms with E-state index in [0.717, 1.165) is 16.3 Å². The lowest BCUT2D eigenvalue weighted by Crippen LogP contribution is -2.21. The number of nitriles is 1. The summed E-state index contributed by atoms with van der Waals surface area (Å²) in [6, 6.07) is 29.9. The van der Waals surface area contributed by atoms with Crippen LogP contribution in [-0.4, -0.2) is 0 Å². The summed E-state index contributed by atoms with van der Waals surface area (Å²) >= 11 is 6.12. The molecule has 112 valence electrons. The molecule has 0 spiro atoms. The number of rotatable bonds is 4. The molecule has 23 heavy (non-hydrogen) atoms. The molecule has 0 heterocycles. The summed E-state index contributed by atoms with van der Waals surface area (Å²) < 4.78 is 0. The summed E-state index contributed by atoms with van der Waals surface area (Å²) in [5, 5.41) is 15.0. The van der Waals surface area contributed by atoms with Crippen molar-refractivity contribution in [3.05, 3.63) is 90.5 Å². The first-order chi connectivity index (χ1) is 11.2. The number of nitrogens with one attached hydrogen (secondary N) is 1. The SMILES string of the molecule is N#Cc1ccccc1NP(=S)(c1ccccc1)c1ccccc1. The second-order valence-electron chi connectivity index (χ2n) is 5.05. The van der Waals surface area contributed by atoms with Gasteiger partial charge in [0.15, 0.2) is 0 Å². The maximum absolute atomic E-state index is 9.34. The Morgan fingerprint density at radius 1 is 0.739 bits per heavy atom. The van der Waals surface area contributed by atoms with Crippen LogP contribution in [0, 0.1) is 11.3 Å². The Kier molecular flexibility index (Phi) is 4.57. The third-order valence-electron chi connectivity index (χ3n) is 3.57. The molecule has 3 rings (SSSR count). The third-order valence-corrected chi connectivity index (χ3v) is 7.71. The fraction of sp³-hybridized carbons (Fsp3) is 0. The molecule has 4 heteroatoms. The Hall–Kier alpha value is -2.40. The Bertz CT molecular complexity index is 843. The molecular formula is C19H15N2PS. The second kappa shape index (κ2) is 6.79. The number of nitrogens with zero attached hydrogens (tertiary/aromatic N) is 1. The quantitative estimate of drug-likeness (QED) is 0.732. The normalized spacial score (nSPS) is 10.7. The molecule has 1 N–H and O–H groups in total. The molecule has 0 saturated carbocycles. The van der Waals surface area contributed by atoms with Gasteiger partial charge in [-0.3, -0.25) is 0 Å². The van der Waals surface area contributed by atoms with Gasteiger partial charge in [-0.1, -0.05) is 84.6 Å². The lowest BCUT2D eigenvalue weighted by molar-refractivity contribution is 1.48. The lowest BCUT2D eigenvalue weighted by atomic mass is 10.2. The molecule has 0 aliphatic heterocycles. The lowest BCUT2D eigenvalue weighted by Gasteiger charge is -2.26. The topological polar surface area (TPSA) is 35.8 Å². The van der Waals surface area contributed by atoms with Gasteiger partial charge < -0.3 is 5.09 Å². The van der Waals surface area contributed by atoms with Crippen molar-refractivity contribution >= 4 is 34.3 Å². The standard InChI is InChI=1S/C19H15N2PS/c20-15-16-9-7-8-14-19(16)21-22(23,17-10-3-1-4-11-17)18-12-5-2-6-13-18/h1-14H,(H,21,23). The molecular weight excluding hydrogens is 319 g/mol. The van der Waals surface area contributed by atoms with E-state index in [1.807, 2.05) is 54.6 Å². The fourth-order valence-electron chi connectivity index (χ4n) is 2.40. The van der Waals surface area contributed by atoms with Crippen molar-refractivity contribution in [3.8, 4) is 6.07 Å². The molecule has 0 unspecified atom stereocenters. The average molecular weight is 334 g/mol. The van der Waals surface area contributed by atoms with Crippen molar-refractivity contribution in [2.75, 3.05) is 5.09 Å². The zero-order chi connectivity index (χ0) is 16.1. The van der Waals surface area contributed by atoms with E-state index in [9.17, 15) is 5.26 Å². The number of para-hydroxylation sites is 1. The van der Waals surface area contributed by atoms with Gasteiger partial charge in [-0.25, -0.2) is 0 Å². The molecule has 0 bridgehead atoms. The zero-order valence-corrected chi connectivity index (χ0v) is 14.1. The van der Waals surface area contributed by atoms with E-state index in [4.69, 9.17) is 11.8 Å². The van der Waals surface area contributed by atoms with Gasteiger partial charge in [-0.15, -0.1) is 0 Å². The van der Waals surface area contributed by atoms with Crippen LogP contribution in [0.5, 0.6) is 0 Å². The van der Waals surface area contributed by atoms with Gasteiger partial charge in [0.2, 0.25) is 0 Å². The van der Waals surface area contributed by atoms with Crippen molar-refractivity contribution in [1.82, 2.24) is 0 Å². The maximum atomic E-state index is 9.34. The van der Waals surface area contributed by atoms with Gasteiger partial charge in [0.25, 0.3) is 0 Å². The van der Waals surface area contributed by atoms with Crippen LogP contribution in [0.2, 0.25) is 0 Å². The van der Waals surface area contributed by atoms with E-state index in [1.165, 1.54) is 0 Å². The van der Waals surface area contributed by atoms with Crippen LogP contribution in [0.3, 0.4) is 0 Å². The molecule has 3 aromatic carbocycles. The first-order valence-electron chi connectivity index (χ1n) is 7.23. The van der Waals surface area contributed by atoms with Gasteiger partial charge in [0.05, 0.1) is 17.4 Å². The second-order valence-corrected chi connectivity index (χ2v) is 9.17. The molecule has 0 saturated heterocycles. The van der Waals surface area contributed by atoms with Crippen molar-refractivity contribution < 1.29 is 0 Å². The Labute approximate surface area is 141 Å². The van der Waals surface area contributed by atoms with Gasteiger partial charge >= 0.3 is 0 Å². The molecule has 3 aromatic rings. The van der Waals surface area contributed by atoms with Crippen molar-refractivity contribution in [2.24, 2.45) is 0 Å². The highest BCUT2D eigenvalue weighted by molar-refractivity contribution is 8.22. The van der Waals surface area contributed by atoms with E-state index in [-0.39, 0.29) is 0 Å². The summed E-state index contributed by atoms with van der Waals surface area (Å²) in [6.07, 6.45) is -2.25. The first-order valence-corrected chi connectivity index (χ1v) is 10.0. The van der Waals surface area contributed by atoms with E-state index < -0.39 is 6.19 Å². The minimum Gasteiger partial charge on any atom is -0.350 e. The Morgan fingerprint density at radius 3 is 1.74 bits per heavy atom. The van der Waals surface area contributed by atoms with Crippen LogP contribution in [0.1, 0.15) is 5.56 Å². The first kappa shape index (κ1) is 15.5. The van der Waals surface area contributed by atoms with Crippen molar-refractivity contribution in [1.29, 1.82) is 5.26 Å². The molecule has 0 amide bonds. The van der Waals surface area contributed by atoms with Gasteiger partial charge in [0, 0.05) is 10.6 Å².